The number of rotatable bonds is 6. The Kier molecular flexibility index (Phi) is 10.2. The molecule has 0 aromatic heterocycles. The van der Waals surface area contributed by atoms with Crippen LogP contribution in [0.3, 0.4) is 0 Å². The molecule has 7 aromatic carbocycles. The summed E-state index contributed by atoms with van der Waals surface area (Å²) in [5, 5.41) is 5.25. The summed E-state index contributed by atoms with van der Waals surface area (Å²) in [5.41, 5.74) is 13.7. The molecule has 0 atom stereocenters. The van der Waals surface area contributed by atoms with Gasteiger partial charge in [-0.15, -0.1) is 0 Å². The van der Waals surface area contributed by atoms with Crippen molar-refractivity contribution >= 4 is 21.5 Å². The van der Waals surface area contributed by atoms with E-state index in [1.165, 1.54) is 77.2 Å². The molecule has 0 aliphatic rings. The van der Waals surface area contributed by atoms with E-state index in [2.05, 4.69) is 229 Å². The second kappa shape index (κ2) is 14.5. The summed E-state index contributed by atoms with van der Waals surface area (Å²) in [5.74, 6) is 0.0787. The molecule has 0 bridgehead atoms. The zero-order chi connectivity index (χ0) is 40.2. The first-order chi connectivity index (χ1) is 26.3. The molecule has 0 saturated heterocycles. The standard InChI is InChI=1S/C56H62/c1-53(2,3)41-29-21-37(22-30-41)49(38-23-31-42(32-24-38)54(4,5)6)51-45-17-13-15-19-47(45)52(48-20-16-14-18-46(48)51)50(39-25-33-43(34-26-39)55(7,8)9)40-27-35-44(36-28-40)56(10,11)12/h13-36,49-50H,1-12H3. The highest BCUT2D eigenvalue weighted by atomic mass is 14.3. The quantitative estimate of drug-likeness (QED) is 0.118. The first-order valence-corrected chi connectivity index (χ1v) is 20.7. The van der Waals surface area contributed by atoms with Crippen LogP contribution in [-0.4, -0.2) is 0 Å². The first kappa shape index (κ1) is 39.3. The van der Waals surface area contributed by atoms with E-state index in [-0.39, 0.29) is 33.5 Å². The lowest BCUT2D eigenvalue weighted by molar-refractivity contribution is 0.589. The lowest BCUT2D eigenvalue weighted by atomic mass is 9.74. The Morgan fingerprint density at radius 1 is 0.250 bits per heavy atom. The minimum Gasteiger partial charge on any atom is -0.0616 e. The number of hydrogen-bond donors (Lipinski definition) is 0. The third kappa shape index (κ3) is 7.73. The third-order valence-electron chi connectivity index (χ3n) is 12.0. The van der Waals surface area contributed by atoms with E-state index >= 15 is 0 Å². The van der Waals surface area contributed by atoms with E-state index in [0.29, 0.717) is 0 Å². The second-order valence-corrected chi connectivity index (χ2v) is 20.3. The van der Waals surface area contributed by atoms with Crippen LogP contribution >= 0.6 is 0 Å². The van der Waals surface area contributed by atoms with Crippen molar-refractivity contribution in [3.05, 3.63) is 201 Å². The summed E-state index contributed by atoms with van der Waals surface area (Å²) < 4.78 is 0. The molecule has 0 spiro atoms. The van der Waals surface area contributed by atoms with Crippen LogP contribution < -0.4 is 0 Å². The molecule has 56 heavy (non-hydrogen) atoms. The molecule has 286 valence electrons. The van der Waals surface area contributed by atoms with Gasteiger partial charge in [0, 0.05) is 11.8 Å². The van der Waals surface area contributed by atoms with Gasteiger partial charge in [0.15, 0.2) is 0 Å². The Balaban J connectivity index is 1.55. The van der Waals surface area contributed by atoms with Gasteiger partial charge in [0.2, 0.25) is 0 Å². The fourth-order valence-electron chi connectivity index (χ4n) is 8.57. The molecule has 0 fully saturated rings. The van der Waals surface area contributed by atoms with E-state index in [9.17, 15) is 0 Å². The van der Waals surface area contributed by atoms with Gasteiger partial charge in [-0.3, -0.25) is 0 Å². The topological polar surface area (TPSA) is 0 Å². The fourth-order valence-corrected chi connectivity index (χ4v) is 8.57. The maximum atomic E-state index is 2.39. The van der Waals surface area contributed by atoms with E-state index in [1.807, 2.05) is 0 Å². The molecule has 0 aliphatic carbocycles. The molecular weight excluding hydrogens is 673 g/mol. The Hall–Kier alpha value is -4.94. The van der Waals surface area contributed by atoms with Crippen molar-refractivity contribution in [2.45, 2.75) is 117 Å². The van der Waals surface area contributed by atoms with Crippen molar-refractivity contribution < 1.29 is 0 Å². The molecule has 0 unspecified atom stereocenters. The molecular formula is C56H62. The van der Waals surface area contributed by atoms with Gasteiger partial charge in [0.25, 0.3) is 0 Å². The maximum Gasteiger partial charge on any atom is 0.0352 e. The summed E-state index contributed by atoms with van der Waals surface area (Å²) in [6.45, 7) is 27.6. The van der Waals surface area contributed by atoms with Crippen molar-refractivity contribution in [2.75, 3.05) is 0 Å². The third-order valence-corrected chi connectivity index (χ3v) is 12.0. The van der Waals surface area contributed by atoms with Crippen LogP contribution in [0.1, 0.15) is 151 Å². The molecule has 0 amide bonds. The van der Waals surface area contributed by atoms with Crippen LogP contribution in [0.4, 0.5) is 0 Å². The number of benzene rings is 7. The average Bonchev–Trinajstić information content (AvgIpc) is 3.15. The summed E-state index contributed by atoms with van der Waals surface area (Å²) in [4.78, 5) is 0. The monoisotopic (exact) mass is 734 g/mol. The van der Waals surface area contributed by atoms with Crippen molar-refractivity contribution in [1.29, 1.82) is 0 Å². The second-order valence-electron chi connectivity index (χ2n) is 20.3. The predicted molar refractivity (Wildman–Crippen MR) is 244 cm³/mol. The highest BCUT2D eigenvalue weighted by molar-refractivity contribution is 6.08. The van der Waals surface area contributed by atoms with E-state index < -0.39 is 0 Å². The number of fused-ring (bicyclic) bond motifs is 2. The zero-order valence-corrected chi connectivity index (χ0v) is 36.0. The maximum absolute atomic E-state index is 2.39. The molecule has 0 radical (unpaired) electrons. The van der Waals surface area contributed by atoms with Crippen LogP contribution in [0.5, 0.6) is 0 Å². The smallest absolute Gasteiger partial charge is 0.0352 e. The van der Waals surface area contributed by atoms with Gasteiger partial charge in [-0.25, -0.2) is 0 Å². The summed E-state index contributed by atoms with van der Waals surface area (Å²) >= 11 is 0. The molecule has 0 N–H and O–H groups in total. The van der Waals surface area contributed by atoms with Crippen molar-refractivity contribution in [1.82, 2.24) is 0 Å². The van der Waals surface area contributed by atoms with Gasteiger partial charge in [-0.1, -0.05) is 229 Å². The Morgan fingerprint density at radius 2 is 0.429 bits per heavy atom. The van der Waals surface area contributed by atoms with Crippen molar-refractivity contribution in [3.63, 3.8) is 0 Å². The molecule has 0 nitrogen and oxygen atoms in total. The average molecular weight is 735 g/mol. The summed E-state index contributed by atoms with van der Waals surface area (Å²) in [6.07, 6.45) is 0. The predicted octanol–water partition coefficient (Wildman–Crippen LogP) is 15.5. The zero-order valence-electron chi connectivity index (χ0n) is 36.0. The van der Waals surface area contributed by atoms with Gasteiger partial charge in [-0.2, -0.15) is 0 Å². The minimum absolute atomic E-state index is 0.0393. The van der Waals surface area contributed by atoms with Crippen molar-refractivity contribution in [2.24, 2.45) is 0 Å². The molecule has 7 aromatic rings. The van der Waals surface area contributed by atoms with E-state index in [4.69, 9.17) is 0 Å². The number of hydrogen-bond acceptors (Lipinski definition) is 0. The van der Waals surface area contributed by atoms with Gasteiger partial charge < -0.3 is 0 Å². The van der Waals surface area contributed by atoms with Crippen molar-refractivity contribution in [3.8, 4) is 0 Å². The highest BCUT2D eigenvalue weighted by Crippen LogP contribution is 2.48. The first-order valence-electron chi connectivity index (χ1n) is 20.7. The van der Waals surface area contributed by atoms with Crippen LogP contribution in [-0.2, 0) is 21.7 Å². The molecule has 7 rings (SSSR count). The van der Waals surface area contributed by atoms with Crippen LogP contribution in [0.2, 0.25) is 0 Å². The van der Waals surface area contributed by atoms with Crippen LogP contribution in [0, 0.1) is 0 Å². The molecule has 0 aliphatic heterocycles. The van der Waals surface area contributed by atoms with Gasteiger partial charge >= 0.3 is 0 Å². The minimum atomic E-state index is 0.0393. The Bertz CT molecular complexity index is 2100. The van der Waals surface area contributed by atoms with Crippen LogP contribution in [0.25, 0.3) is 21.5 Å². The van der Waals surface area contributed by atoms with Gasteiger partial charge in [0.05, 0.1) is 0 Å². The summed E-state index contributed by atoms with van der Waals surface area (Å²) in [6, 6.07) is 56.3. The largest absolute Gasteiger partial charge is 0.0616 e. The Labute approximate surface area is 338 Å². The van der Waals surface area contributed by atoms with Gasteiger partial charge in [-0.05, 0) is 98.8 Å². The van der Waals surface area contributed by atoms with E-state index in [0.717, 1.165) is 0 Å². The molecule has 0 heterocycles. The van der Waals surface area contributed by atoms with Gasteiger partial charge in [0.1, 0.15) is 0 Å². The molecule has 0 heteroatoms. The lowest BCUT2D eigenvalue weighted by Gasteiger charge is -2.29. The Morgan fingerprint density at radius 3 is 0.589 bits per heavy atom. The molecule has 0 saturated carbocycles. The van der Waals surface area contributed by atoms with Crippen LogP contribution in [0.15, 0.2) is 146 Å². The highest BCUT2D eigenvalue weighted by Gasteiger charge is 2.29. The lowest BCUT2D eigenvalue weighted by Crippen LogP contribution is -2.14. The SMILES string of the molecule is CC(C)(C)c1ccc(C(c2ccc(C(C)(C)C)cc2)c2c3ccccc3c(C(c3ccc(C(C)(C)C)cc3)c3ccc(C(C)(C)C)cc3)c3ccccc23)cc1. The summed E-state index contributed by atoms with van der Waals surface area (Å²) in [7, 11) is 0. The normalized spacial score (nSPS) is 13.0. The van der Waals surface area contributed by atoms with E-state index in [1.54, 1.807) is 0 Å². The fraction of sp³-hybridized carbons (Fsp3) is 0.321.